The van der Waals surface area contributed by atoms with Crippen LogP contribution in [0.4, 0.5) is 13.2 Å². The van der Waals surface area contributed by atoms with Crippen LogP contribution in [0, 0.1) is 11.3 Å². The molecule has 0 heterocycles. The summed E-state index contributed by atoms with van der Waals surface area (Å²) in [6, 6.07) is 1.89. The molecule has 0 aliphatic heterocycles. The van der Waals surface area contributed by atoms with Crippen LogP contribution in [-0.2, 0) is 20.6 Å². The normalized spacial score (nSPS) is 18.2. The number of carboxylic acid groups (broad SMARTS) is 4. The number of carboxylic acids is 4. The zero-order chi connectivity index (χ0) is 21.4. The lowest BCUT2D eigenvalue weighted by Crippen LogP contribution is -2.47. The number of benzene rings is 1. The van der Waals surface area contributed by atoms with E-state index in [0.29, 0.717) is 18.2 Å². The van der Waals surface area contributed by atoms with Gasteiger partial charge in [-0.2, -0.15) is 13.2 Å². The lowest BCUT2D eigenvalue weighted by atomic mass is 9.70. The third-order valence-corrected chi connectivity index (χ3v) is 4.20. The topological polar surface area (TPSA) is 149 Å². The summed E-state index contributed by atoms with van der Waals surface area (Å²) < 4.78 is 40.2. The molecular formula is C17H11F3O8. The van der Waals surface area contributed by atoms with Gasteiger partial charge in [0.15, 0.2) is 5.41 Å². The average molecular weight is 400 g/mol. The second kappa shape index (κ2) is 6.83. The Morgan fingerprint density at radius 2 is 1.54 bits per heavy atom. The highest BCUT2D eigenvalue weighted by Gasteiger charge is 2.55. The van der Waals surface area contributed by atoms with Gasteiger partial charge >= 0.3 is 30.1 Å². The largest absolute Gasteiger partial charge is 0.481 e. The van der Waals surface area contributed by atoms with Gasteiger partial charge in [-0.3, -0.25) is 14.4 Å². The zero-order valence-electron chi connectivity index (χ0n) is 13.6. The van der Waals surface area contributed by atoms with E-state index in [0.717, 1.165) is 18.2 Å². The van der Waals surface area contributed by atoms with Gasteiger partial charge in [-0.15, -0.1) is 0 Å². The molecule has 28 heavy (non-hydrogen) atoms. The van der Waals surface area contributed by atoms with E-state index in [1.807, 2.05) is 0 Å². The summed E-state index contributed by atoms with van der Waals surface area (Å²) in [5, 5.41) is 36.8. The van der Waals surface area contributed by atoms with Crippen molar-refractivity contribution in [2.45, 2.75) is 6.18 Å². The fourth-order valence-corrected chi connectivity index (χ4v) is 2.82. The number of aromatic carboxylic acids is 1. The maximum absolute atomic E-state index is 13.4. The number of carbonyl (C=O) groups is 4. The smallest absolute Gasteiger partial charge is 0.417 e. The molecule has 0 radical (unpaired) electrons. The van der Waals surface area contributed by atoms with E-state index in [-0.39, 0.29) is 0 Å². The van der Waals surface area contributed by atoms with Crippen molar-refractivity contribution in [1.29, 1.82) is 0 Å². The average Bonchev–Trinajstić information content (AvgIpc) is 2.59. The van der Waals surface area contributed by atoms with Crippen LogP contribution in [0.25, 0.3) is 5.57 Å². The molecule has 1 aromatic carbocycles. The predicted molar refractivity (Wildman–Crippen MR) is 84.4 cm³/mol. The van der Waals surface area contributed by atoms with Gasteiger partial charge in [0.1, 0.15) is 5.92 Å². The molecule has 1 aliphatic rings. The molecule has 2 rings (SSSR count). The van der Waals surface area contributed by atoms with Crippen LogP contribution in [0.2, 0.25) is 0 Å². The maximum atomic E-state index is 13.4. The van der Waals surface area contributed by atoms with Crippen LogP contribution < -0.4 is 0 Å². The summed E-state index contributed by atoms with van der Waals surface area (Å²) in [5.41, 5.74) is -6.40. The quantitative estimate of drug-likeness (QED) is 0.550. The highest BCUT2D eigenvalue weighted by Crippen LogP contribution is 2.43. The Bertz CT molecular complexity index is 928. The Morgan fingerprint density at radius 1 is 0.964 bits per heavy atom. The fraction of sp³-hybridized carbons (Fsp3) is 0.176. The van der Waals surface area contributed by atoms with Crippen molar-refractivity contribution < 1.29 is 52.8 Å². The summed E-state index contributed by atoms with van der Waals surface area (Å²) in [6.45, 7) is 0. The molecule has 1 unspecified atom stereocenters. The van der Waals surface area contributed by atoms with Crippen molar-refractivity contribution in [2.24, 2.45) is 11.3 Å². The van der Waals surface area contributed by atoms with E-state index in [4.69, 9.17) is 10.2 Å². The van der Waals surface area contributed by atoms with Crippen molar-refractivity contribution >= 4 is 29.5 Å². The Balaban J connectivity index is 2.80. The van der Waals surface area contributed by atoms with Crippen LogP contribution in [0.1, 0.15) is 21.5 Å². The molecule has 0 aromatic heterocycles. The minimum absolute atomic E-state index is 0.318. The second-order valence-corrected chi connectivity index (χ2v) is 5.82. The molecule has 8 nitrogen and oxygen atoms in total. The SMILES string of the molecule is O=C(O)c1ccc(C2=CC(C(=O)O)(C(=O)O)C(C(=O)O)C=C2)c(C(F)(F)F)c1. The monoisotopic (exact) mass is 400 g/mol. The number of hydrogen-bond acceptors (Lipinski definition) is 4. The molecule has 0 bridgehead atoms. The van der Waals surface area contributed by atoms with Crippen LogP contribution in [0.3, 0.4) is 0 Å². The zero-order valence-corrected chi connectivity index (χ0v) is 13.6. The fourth-order valence-electron chi connectivity index (χ4n) is 2.82. The van der Waals surface area contributed by atoms with Crippen molar-refractivity contribution in [1.82, 2.24) is 0 Å². The summed E-state index contributed by atoms with van der Waals surface area (Å²) >= 11 is 0. The molecule has 0 spiro atoms. The first-order chi connectivity index (χ1) is 12.8. The second-order valence-electron chi connectivity index (χ2n) is 5.82. The van der Waals surface area contributed by atoms with Crippen molar-refractivity contribution in [2.75, 3.05) is 0 Å². The molecule has 0 saturated heterocycles. The van der Waals surface area contributed by atoms with E-state index >= 15 is 0 Å². The molecule has 1 aromatic rings. The number of aliphatic carboxylic acids is 3. The first-order valence-corrected chi connectivity index (χ1v) is 7.38. The summed E-state index contributed by atoms with van der Waals surface area (Å²) in [7, 11) is 0. The number of allylic oxidation sites excluding steroid dienone is 2. The van der Waals surface area contributed by atoms with Crippen LogP contribution in [0.5, 0.6) is 0 Å². The van der Waals surface area contributed by atoms with Crippen molar-refractivity contribution in [3.8, 4) is 0 Å². The van der Waals surface area contributed by atoms with Gasteiger partial charge in [0.25, 0.3) is 0 Å². The van der Waals surface area contributed by atoms with Gasteiger partial charge < -0.3 is 20.4 Å². The van der Waals surface area contributed by atoms with Crippen LogP contribution in [0.15, 0.2) is 36.4 Å². The highest BCUT2D eigenvalue weighted by molar-refractivity contribution is 6.08. The van der Waals surface area contributed by atoms with E-state index < -0.39 is 63.6 Å². The Kier molecular flexibility index (Phi) is 5.05. The number of alkyl halides is 3. The van der Waals surface area contributed by atoms with Crippen LogP contribution >= 0.6 is 0 Å². The minimum atomic E-state index is -5.05. The maximum Gasteiger partial charge on any atom is 0.417 e. The molecule has 4 N–H and O–H groups in total. The molecule has 148 valence electrons. The Labute approximate surface area is 153 Å². The third kappa shape index (κ3) is 3.33. The molecule has 0 saturated carbocycles. The number of rotatable bonds is 5. The van der Waals surface area contributed by atoms with Gasteiger partial charge in [-0.1, -0.05) is 18.2 Å². The van der Waals surface area contributed by atoms with Crippen molar-refractivity contribution in [3.05, 3.63) is 53.1 Å². The predicted octanol–water partition coefficient (Wildman–Crippen LogP) is 2.21. The van der Waals surface area contributed by atoms with Gasteiger partial charge in [0, 0.05) is 0 Å². The first-order valence-electron chi connectivity index (χ1n) is 7.38. The molecule has 0 amide bonds. The summed E-state index contributed by atoms with van der Waals surface area (Å²) in [4.78, 5) is 45.5. The molecular weight excluding hydrogens is 389 g/mol. The minimum Gasteiger partial charge on any atom is -0.481 e. The van der Waals surface area contributed by atoms with E-state index in [1.54, 1.807) is 0 Å². The van der Waals surface area contributed by atoms with Gasteiger partial charge in [-0.25, -0.2) is 4.79 Å². The van der Waals surface area contributed by atoms with Crippen molar-refractivity contribution in [3.63, 3.8) is 0 Å². The van der Waals surface area contributed by atoms with E-state index in [2.05, 4.69) is 0 Å². The molecule has 11 heteroatoms. The first kappa shape index (κ1) is 20.7. The standard InChI is InChI=1S/C17H11F3O8/c18-17(19,20)11-5-7(12(21)22)1-3-9(11)8-2-4-10(13(23)24)16(6-8,14(25)26)15(27)28/h1-6,10H,(H,21,22)(H,23,24)(H,25,26)(H,27,28). The highest BCUT2D eigenvalue weighted by atomic mass is 19.4. The summed E-state index contributed by atoms with van der Waals surface area (Å²) in [5.74, 6) is -9.66. The molecule has 1 aliphatic carbocycles. The van der Waals surface area contributed by atoms with E-state index in [1.165, 1.54) is 0 Å². The Hall–Kier alpha value is -3.63. The van der Waals surface area contributed by atoms with Gasteiger partial charge in [0.05, 0.1) is 11.1 Å². The Morgan fingerprint density at radius 3 is 1.96 bits per heavy atom. The third-order valence-electron chi connectivity index (χ3n) is 4.20. The van der Waals surface area contributed by atoms with E-state index in [9.17, 15) is 42.6 Å². The lowest BCUT2D eigenvalue weighted by molar-refractivity contribution is -0.169. The molecule has 1 atom stereocenters. The van der Waals surface area contributed by atoms with Crippen LogP contribution in [-0.4, -0.2) is 44.3 Å². The van der Waals surface area contributed by atoms with Gasteiger partial charge in [0.2, 0.25) is 0 Å². The lowest BCUT2D eigenvalue weighted by Gasteiger charge is -2.30. The number of halogens is 3. The number of hydrogen-bond donors (Lipinski definition) is 4. The summed E-state index contributed by atoms with van der Waals surface area (Å²) in [6.07, 6.45) is -3.10. The molecule has 0 fully saturated rings. The van der Waals surface area contributed by atoms with Gasteiger partial charge in [-0.05, 0) is 29.3 Å².